The van der Waals surface area contributed by atoms with Crippen molar-refractivity contribution >= 4 is 23.5 Å². The molecule has 3 atom stereocenters. The van der Waals surface area contributed by atoms with Crippen molar-refractivity contribution in [2.75, 3.05) is 6.16 Å². The van der Waals surface area contributed by atoms with E-state index in [1.165, 1.54) is 0 Å². The third kappa shape index (κ3) is 2.30. The number of hydrogen-bond donors (Lipinski definition) is 0. The minimum absolute atomic E-state index is 0.189. The Hall–Kier alpha value is -1.66. The highest BCUT2D eigenvalue weighted by atomic mass is 31.2. The highest BCUT2D eigenvalue weighted by Crippen LogP contribution is 2.68. The van der Waals surface area contributed by atoms with E-state index in [0.29, 0.717) is 24.3 Å². The number of hydrogen-bond acceptors (Lipinski definition) is 2. The van der Waals surface area contributed by atoms with Crippen LogP contribution < -0.4 is 10.6 Å². The first-order chi connectivity index (χ1) is 11.9. The zero-order valence-corrected chi connectivity index (χ0v) is 15.8. The highest BCUT2D eigenvalue weighted by Gasteiger charge is 2.65. The minimum Gasteiger partial charge on any atom is -0.314 e. The Kier molecular flexibility index (Phi) is 3.81. The SMILES string of the molecule is CC12CCC(CC1=O)C2(C)CP(=O)(c1ccccc1)c1ccccc1. The standard InChI is InChI=1S/C22H25O2P/c1-21-14-13-17(15-20(21)23)22(21,2)16-25(24,18-9-5-3-6-10-18)19-11-7-4-8-12-19/h3-12,17H,13-16H2,1-2H3. The third-order valence-corrected chi connectivity index (χ3v) is 10.5. The van der Waals surface area contributed by atoms with Gasteiger partial charge in [0.2, 0.25) is 0 Å². The van der Waals surface area contributed by atoms with Crippen LogP contribution in [0.5, 0.6) is 0 Å². The molecule has 0 aliphatic heterocycles. The van der Waals surface area contributed by atoms with Gasteiger partial charge < -0.3 is 4.57 Å². The molecule has 3 heteroatoms. The van der Waals surface area contributed by atoms with Crippen LogP contribution in [-0.2, 0) is 9.36 Å². The van der Waals surface area contributed by atoms with E-state index in [-0.39, 0.29) is 10.8 Å². The molecule has 2 saturated carbocycles. The van der Waals surface area contributed by atoms with Crippen molar-refractivity contribution in [3.05, 3.63) is 60.7 Å². The molecule has 2 aromatic carbocycles. The van der Waals surface area contributed by atoms with Crippen molar-refractivity contribution in [1.29, 1.82) is 0 Å². The summed E-state index contributed by atoms with van der Waals surface area (Å²) in [5.41, 5.74) is -0.512. The summed E-state index contributed by atoms with van der Waals surface area (Å²) >= 11 is 0. The van der Waals surface area contributed by atoms with Crippen molar-refractivity contribution in [2.45, 2.75) is 33.1 Å². The maximum Gasteiger partial charge on any atom is 0.143 e. The molecule has 0 saturated heterocycles. The van der Waals surface area contributed by atoms with Gasteiger partial charge in [-0.25, -0.2) is 0 Å². The lowest BCUT2D eigenvalue weighted by molar-refractivity contribution is -0.128. The lowest BCUT2D eigenvalue weighted by atomic mass is 9.70. The zero-order valence-electron chi connectivity index (χ0n) is 14.9. The first-order valence-corrected chi connectivity index (χ1v) is 11.0. The summed E-state index contributed by atoms with van der Waals surface area (Å²) < 4.78 is 14.4. The summed E-state index contributed by atoms with van der Waals surface area (Å²) in [5, 5.41) is 1.81. The lowest BCUT2D eigenvalue weighted by Gasteiger charge is -2.39. The van der Waals surface area contributed by atoms with E-state index in [2.05, 4.69) is 13.8 Å². The van der Waals surface area contributed by atoms with Crippen molar-refractivity contribution in [1.82, 2.24) is 0 Å². The van der Waals surface area contributed by atoms with Gasteiger partial charge in [-0.2, -0.15) is 0 Å². The summed E-state index contributed by atoms with van der Waals surface area (Å²) in [4.78, 5) is 12.6. The monoisotopic (exact) mass is 352 g/mol. The van der Waals surface area contributed by atoms with E-state index in [9.17, 15) is 9.36 Å². The second kappa shape index (κ2) is 5.68. The molecule has 2 aliphatic carbocycles. The number of fused-ring (bicyclic) bond motifs is 2. The van der Waals surface area contributed by atoms with Crippen molar-refractivity contribution in [3.63, 3.8) is 0 Å². The molecule has 0 radical (unpaired) electrons. The van der Waals surface area contributed by atoms with E-state index >= 15 is 0 Å². The first-order valence-electron chi connectivity index (χ1n) is 9.14. The van der Waals surface area contributed by atoms with E-state index in [1.54, 1.807) is 0 Å². The van der Waals surface area contributed by atoms with Crippen LogP contribution in [-0.4, -0.2) is 11.9 Å². The smallest absolute Gasteiger partial charge is 0.143 e. The van der Waals surface area contributed by atoms with Gasteiger partial charge in [0.05, 0.1) is 0 Å². The van der Waals surface area contributed by atoms with Gasteiger partial charge in [-0.15, -0.1) is 0 Å². The van der Waals surface area contributed by atoms with Gasteiger partial charge in [-0.3, -0.25) is 4.79 Å². The maximum atomic E-state index is 14.4. The number of Topliss-reactive ketones (excluding diaryl/α,β-unsaturated/α-hetero) is 1. The predicted molar refractivity (Wildman–Crippen MR) is 103 cm³/mol. The van der Waals surface area contributed by atoms with Gasteiger partial charge in [0.25, 0.3) is 0 Å². The Balaban J connectivity index is 1.84. The summed E-state index contributed by atoms with van der Waals surface area (Å²) in [7, 11) is -2.79. The quantitative estimate of drug-likeness (QED) is 0.765. The van der Waals surface area contributed by atoms with Crippen LogP contribution >= 0.6 is 7.14 Å². The normalized spacial score (nSPS) is 31.4. The number of rotatable bonds is 4. The molecule has 0 heterocycles. The van der Waals surface area contributed by atoms with E-state index in [1.807, 2.05) is 60.7 Å². The predicted octanol–water partition coefficient (Wildman–Crippen LogP) is 4.40. The van der Waals surface area contributed by atoms with Crippen LogP contribution in [0.25, 0.3) is 0 Å². The Morgan fingerprint density at radius 2 is 1.48 bits per heavy atom. The fourth-order valence-electron chi connectivity index (χ4n) is 5.19. The van der Waals surface area contributed by atoms with Crippen LogP contribution in [0.4, 0.5) is 0 Å². The average molecular weight is 352 g/mol. The van der Waals surface area contributed by atoms with Gasteiger partial charge in [0.15, 0.2) is 0 Å². The topological polar surface area (TPSA) is 34.1 Å². The van der Waals surface area contributed by atoms with Gasteiger partial charge in [-0.1, -0.05) is 74.5 Å². The molecule has 4 rings (SSSR count). The molecular weight excluding hydrogens is 327 g/mol. The Labute approximate surface area is 150 Å². The minimum atomic E-state index is -2.79. The van der Waals surface area contributed by atoms with Crippen molar-refractivity contribution in [3.8, 4) is 0 Å². The van der Waals surface area contributed by atoms with E-state index < -0.39 is 7.14 Å². The van der Waals surface area contributed by atoms with Crippen LogP contribution in [0.2, 0.25) is 0 Å². The van der Waals surface area contributed by atoms with Crippen LogP contribution in [0.3, 0.4) is 0 Å². The van der Waals surface area contributed by atoms with Crippen LogP contribution in [0.15, 0.2) is 60.7 Å². The second-order valence-corrected chi connectivity index (χ2v) is 11.0. The molecular formula is C22H25O2P. The van der Waals surface area contributed by atoms with E-state index in [0.717, 1.165) is 23.5 Å². The first kappa shape index (κ1) is 16.8. The fourth-order valence-corrected chi connectivity index (χ4v) is 8.69. The fraction of sp³-hybridized carbons (Fsp3) is 0.409. The van der Waals surface area contributed by atoms with Gasteiger partial charge in [0, 0.05) is 28.6 Å². The molecule has 2 aliphatic rings. The molecule has 2 nitrogen and oxygen atoms in total. The van der Waals surface area contributed by atoms with E-state index in [4.69, 9.17) is 0 Å². The Bertz CT molecular complexity index is 801. The number of carbonyl (C=O) groups is 1. The molecule has 0 N–H and O–H groups in total. The van der Waals surface area contributed by atoms with Gasteiger partial charge in [0.1, 0.15) is 12.9 Å². The van der Waals surface area contributed by atoms with Gasteiger partial charge >= 0.3 is 0 Å². The maximum absolute atomic E-state index is 14.4. The number of ketones is 1. The summed E-state index contributed by atoms with van der Waals surface area (Å²) in [5.74, 6) is 0.740. The Morgan fingerprint density at radius 3 is 1.88 bits per heavy atom. The van der Waals surface area contributed by atoms with Crippen LogP contribution in [0, 0.1) is 16.7 Å². The molecule has 0 aromatic heterocycles. The molecule has 0 amide bonds. The van der Waals surface area contributed by atoms with Crippen molar-refractivity contribution < 1.29 is 9.36 Å². The molecule has 3 unspecified atom stereocenters. The van der Waals surface area contributed by atoms with Crippen LogP contribution in [0.1, 0.15) is 33.1 Å². The molecule has 130 valence electrons. The molecule has 25 heavy (non-hydrogen) atoms. The number of carbonyl (C=O) groups excluding carboxylic acids is 1. The molecule has 0 spiro atoms. The molecule has 2 bridgehead atoms. The Morgan fingerprint density at radius 1 is 0.960 bits per heavy atom. The second-order valence-electron chi connectivity index (χ2n) is 8.18. The molecule has 2 aromatic rings. The van der Waals surface area contributed by atoms with Crippen molar-refractivity contribution in [2.24, 2.45) is 16.7 Å². The summed E-state index contributed by atoms with van der Waals surface area (Å²) in [6.45, 7) is 4.33. The summed E-state index contributed by atoms with van der Waals surface area (Å²) in [6.07, 6.45) is 3.27. The summed E-state index contributed by atoms with van der Waals surface area (Å²) in [6, 6.07) is 19.7. The lowest BCUT2D eigenvalue weighted by Crippen LogP contribution is -2.40. The van der Waals surface area contributed by atoms with Gasteiger partial charge in [-0.05, 0) is 24.2 Å². The number of benzene rings is 2. The third-order valence-electron chi connectivity index (χ3n) is 7.10. The molecule has 2 fully saturated rings. The largest absolute Gasteiger partial charge is 0.314 e. The highest BCUT2D eigenvalue weighted by molar-refractivity contribution is 7.78. The zero-order chi connectivity index (χ0) is 17.7. The average Bonchev–Trinajstić information content (AvgIpc) is 2.98.